The molecule has 0 atom stereocenters. The van der Waals surface area contributed by atoms with Crippen LogP contribution in [0.2, 0.25) is 0 Å². The van der Waals surface area contributed by atoms with Crippen molar-refractivity contribution in [3.8, 4) is 39.6 Å². The van der Waals surface area contributed by atoms with E-state index >= 15 is 0 Å². The number of phenolic OH excluding ortho intramolecular Hbond substituents is 1. The summed E-state index contributed by atoms with van der Waals surface area (Å²) in [5.74, 6) is 1.63. The van der Waals surface area contributed by atoms with Gasteiger partial charge in [-0.2, -0.15) is 5.10 Å². The first-order valence-electron chi connectivity index (χ1n) is 8.18. The van der Waals surface area contributed by atoms with E-state index in [0.717, 1.165) is 40.2 Å². The Morgan fingerprint density at radius 3 is 2.40 bits per heavy atom. The first kappa shape index (κ1) is 16.9. The summed E-state index contributed by atoms with van der Waals surface area (Å²) >= 11 is 0. The molecule has 5 nitrogen and oxygen atoms in total. The van der Waals surface area contributed by atoms with Crippen LogP contribution in [0.4, 0.5) is 0 Å². The molecule has 25 heavy (non-hydrogen) atoms. The van der Waals surface area contributed by atoms with E-state index in [1.165, 1.54) is 0 Å². The predicted octanol–water partition coefficient (Wildman–Crippen LogP) is 4.34. The van der Waals surface area contributed by atoms with Crippen LogP contribution in [-0.2, 0) is 6.42 Å². The Bertz CT molecular complexity index is 883. The topological polar surface area (TPSA) is 67.4 Å². The van der Waals surface area contributed by atoms with Crippen LogP contribution in [-0.4, -0.2) is 29.5 Å². The van der Waals surface area contributed by atoms with Crippen LogP contribution in [0.5, 0.6) is 17.2 Å². The SMILES string of the molecule is CCc1cc(-c2n[nH]c(C)c2-c2ccc(OC)cc2)c(O)cc1OC. The molecule has 130 valence electrons. The molecule has 0 saturated carbocycles. The van der Waals surface area contributed by atoms with Crippen LogP contribution in [0.3, 0.4) is 0 Å². The van der Waals surface area contributed by atoms with Gasteiger partial charge in [-0.3, -0.25) is 5.10 Å². The molecular formula is C20H22N2O3. The molecule has 1 heterocycles. The Morgan fingerprint density at radius 2 is 1.80 bits per heavy atom. The maximum Gasteiger partial charge on any atom is 0.128 e. The fourth-order valence-corrected chi connectivity index (χ4v) is 3.00. The molecule has 1 aromatic heterocycles. The van der Waals surface area contributed by atoms with Crippen LogP contribution in [0, 0.1) is 6.92 Å². The highest BCUT2D eigenvalue weighted by Crippen LogP contribution is 2.40. The van der Waals surface area contributed by atoms with Crippen molar-refractivity contribution in [1.82, 2.24) is 10.2 Å². The number of aromatic nitrogens is 2. The summed E-state index contributed by atoms with van der Waals surface area (Å²) in [6, 6.07) is 11.4. The van der Waals surface area contributed by atoms with Gasteiger partial charge in [0.2, 0.25) is 0 Å². The van der Waals surface area contributed by atoms with Crippen molar-refractivity contribution >= 4 is 0 Å². The minimum absolute atomic E-state index is 0.148. The molecule has 0 fully saturated rings. The zero-order chi connectivity index (χ0) is 18.0. The van der Waals surface area contributed by atoms with Crippen LogP contribution in [0.1, 0.15) is 18.2 Å². The minimum atomic E-state index is 0.148. The highest BCUT2D eigenvalue weighted by molar-refractivity contribution is 5.85. The fraction of sp³-hybridized carbons (Fsp3) is 0.250. The highest BCUT2D eigenvalue weighted by atomic mass is 16.5. The molecule has 2 N–H and O–H groups in total. The molecule has 0 aliphatic heterocycles. The van der Waals surface area contributed by atoms with Gasteiger partial charge in [0.15, 0.2) is 0 Å². The van der Waals surface area contributed by atoms with Gasteiger partial charge in [-0.1, -0.05) is 19.1 Å². The fourth-order valence-electron chi connectivity index (χ4n) is 3.00. The Hall–Kier alpha value is -2.95. The van der Waals surface area contributed by atoms with E-state index in [1.54, 1.807) is 20.3 Å². The molecule has 3 rings (SSSR count). The number of hydrogen-bond acceptors (Lipinski definition) is 4. The number of ether oxygens (including phenoxy) is 2. The van der Waals surface area contributed by atoms with E-state index in [9.17, 15) is 5.11 Å². The molecule has 0 radical (unpaired) electrons. The summed E-state index contributed by atoms with van der Waals surface area (Å²) in [6.07, 6.45) is 0.803. The van der Waals surface area contributed by atoms with Crippen molar-refractivity contribution in [2.75, 3.05) is 14.2 Å². The molecule has 3 aromatic rings. The number of nitrogens with one attached hydrogen (secondary N) is 1. The summed E-state index contributed by atoms with van der Waals surface area (Å²) < 4.78 is 10.6. The monoisotopic (exact) mass is 338 g/mol. The number of aromatic amines is 1. The standard InChI is InChI=1S/C20H22N2O3/c1-5-13-10-16(17(23)11-18(13)25-4)20-19(12(2)21-22-20)14-6-8-15(24-3)9-7-14/h6-11,23H,5H2,1-4H3,(H,21,22). The average molecular weight is 338 g/mol. The van der Waals surface area contributed by atoms with Gasteiger partial charge in [0, 0.05) is 22.9 Å². The number of hydrogen-bond donors (Lipinski definition) is 2. The summed E-state index contributed by atoms with van der Waals surface area (Å²) in [4.78, 5) is 0. The quantitative estimate of drug-likeness (QED) is 0.726. The van der Waals surface area contributed by atoms with Crippen molar-refractivity contribution in [2.24, 2.45) is 0 Å². The number of aryl methyl sites for hydroxylation is 2. The largest absolute Gasteiger partial charge is 0.507 e. The second-order valence-corrected chi connectivity index (χ2v) is 5.84. The van der Waals surface area contributed by atoms with E-state index in [4.69, 9.17) is 9.47 Å². The smallest absolute Gasteiger partial charge is 0.128 e. The molecule has 0 saturated heterocycles. The zero-order valence-corrected chi connectivity index (χ0v) is 14.9. The van der Waals surface area contributed by atoms with E-state index in [2.05, 4.69) is 17.1 Å². The normalized spacial score (nSPS) is 10.7. The van der Waals surface area contributed by atoms with Crippen molar-refractivity contribution < 1.29 is 14.6 Å². The molecule has 5 heteroatoms. The molecule has 0 aliphatic carbocycles. The van der Waals surface area contributed by atoms with Gasteiger partial charge >= 0.3 is 0 Å². The van der Waals surface area contributed by atoms with Crippen molar-refractivity contribution in [3.63, 3.8) is 0 Å². The number of rotatable bonds is 5. The van der Waals surface area contributed by atoms with Crippen LogP contribution in [0.15, 0.2) is 36.4 Å². The van der Waals surface area contributed by atoms with Gasteiger partial charge in [0.1, 0.15) is 22.9 Å². The van der Waals surface area contributed by atoms with Crippen LogP contribution < -0.4 is 9.47 Å². The maximum absolute atomic E-state index is 10.5. The Labute approximate surface area is 147 Å². The van der Waals surface area contributed by atoms with Crippen molar-refractivity contribution in [1.29, 1.82) is 0 Å². The lowest BCUT2D eigenvalue weighted by Gasteiger charge is -2.12. The lowest BCUT2D eigenvalue weighted by Crippen LogP contribution is -1.93. The van der Waals surface area contributed by atoms with E-state index in [1.807, 2.05) is 37.3 Å². The van der Waals surface area contributed by atoms with Crippen LogP contribution in [0.25, 0.3) is 22.4 Å². The summed E-state index contributed by atoms with van der Waals surface area (Å²) in [7, 11) is 3.25. The molecule has 0 aliphatic rings. The van der Waals surface area contributed by atoms with Crippen molar-refractivity contribution in [3.05, 3.63) is 47.7 Å². The average Bonchev–Trinajstić information content (AvgIpc) is 3.02. The number of phenols is 1. The number of H-pyrrole nitrogens is 1. The summed E-state index contributed by atoms with van der Waals surface area (Å²) in [6.45, 7) is 4.02. The third-order valence-electron chi connectivity index (χ3n) is 4.36. The van der Waals surface area contributed by atoms with E-state index < -0.39 is 0 Å². The van der Waals surface area contributed by atoms with Gasteiger partial charge in [-0.25, -0.2) is 0 Å². The Balaban J connectivity index is 2.16. The molecular weight excluding hydrogens is 316 g/mol. The lowest BCUT2D eigenvalue weighted by molar-refractivity contribution is 0.403. The van der Waals surface area contributed by atoms with Crippen LogP contribution >= 0.6 is 0 Å². The van der Waals surface area contributed by atoms with E-state index in [0.29, 0.717) is 11.3 Å². The van der Waals surface area contributed by atoms with Crippen molar-refractivity contribution in [2.45, 2.75) is 20.3 Å². The number of benzene rings is 2. The number of nitrogens with zero attached hydrogens (tertiary/aromatic N) is 1. The number of methoxy groups -OCH3 is 2. The van der Waals surface area contributed by atoms with Gasteiger partial charge in [-0.05, 0) is 42.7 Å². The Kier molecular flexibility index (Phi) is 4.65. The second kappa shape index (κ2) is 6.89. The van der Waals surface area contributed by atoms with Gasteiger partial charge in [0.25, 0.3) is 0 Å². The zero-order valence-electron chi connectivity index (χ0n) is 14.9. The van der Waals surface area contributed by atoms with E-state index in [-0.39, 0.29) is 5.75 Å². The first-order valence-corrected chi connectivity index (χ1v) is 8.18. The summed E-state index contributed by atoms with van der Waals surface area (Å²) in [5.41, 5.74) is 5.34. The predicted molar refractivity (Wildman–Crippen MR) is 98.3 cm³/mol. The highest BCUT2D eigenvalue weighted by Gasteiger charge is 2.19. The Morgan fingerprint density at radius 1 is 1.08 bits per heavy atom. The second-order valence-electron chi connectivity index (χ2n) is 5.84. The first-order chi connectivity index (χ1) is 12.1. The third kappa shape index (κ3) is 3.05. The van der Waals surface area contributed by atoms with Gasteiger partial charge in [0.05, 0.1) is 14.2 Å². The molecule has 0 amide bonds. The van der Waals surface area contributed by atoms with Gasteiger partial charge in [-0.15, -0.1) is 0 Å². The lowest BCUT2D eigenvalue weighted by atomic mass is 9.96. The molecule has 0 spiro atoms. The number of aromatic hydroxyl groups is 1. The minimum Gasteiger partial charge on any atom is -0.507 e. The maximum atomic E-state index is 10.5. The van der Waals surface area contributed by atoms with Gasteiger partial charge < -0.3 is 14.6 Å². The molecule has 0 unspecified atom stereocenters. The molecule has 0 bridgehead atoms. The third-order valence-corrected chi connectivity index (χ3v) is 4.36. The molecule has 2 aromatic carbocycles. The summed E-state index contributed by atoms with van der Waals surface area (Å²) in [5, 5.41) is 18.0.